The van der Waals surface area contributed by atoms with Gasteiger partial charge in [-0.05, 0) is 29.8 Å². The van der Waals surface area contributed by atoms with E-state index in [0.717, 1.165) is 17.9 Å². The van der Waals surface area contributed by atoms with Gasteiger partial charge < -0.3 is 11.1 Å². The minimum atomic E-state index is 0. The maximum absolute atomic E-state index is 5.61. The number of nitrogens with two attached hydrogens (primary N) is 1. The number of nitrogen functional groups attached to an aromatic ring is 1. The minimum Gasteiger partial charge on any atom is -0.399 e. The van der Waals surface area contributed by atoms with Crippen molar-refractivity contribution in [2.24, 2.45) is 0 Å². The molecule has 0 spiro atoms. The molecule has 0 aliphatic carbocycles. The molecule has 0 bridgehead atoms. The molecular formula is C13H16Cl2N2. The van der Waals surface area contributed by atoms with E-state index < -0.39 is 0 Å². The summed E-state index contributed by atoms with van der Waals surface area (Å²) in [5, 5.41) is 3.33. The Morgan fingerprint density at radius 2 is 1.41 bits per heavy atom. The minimum absolute atomic E-state index is 0. The fraction of sp³-hybridized carbons (Fsp3) is 0.0769. The topological polar surface area (TPSA) is 38.0 Å². The number of halogens is 2. The smallest absolute Gasteiger partial charge is 0.0400 e. The van der Waals surface area contributed by atoms with Gasteiger partial charge in [0.2, 0.25) is 0 Å². The molecule has 2 nitrogen and oxygen atoms in total. The lowest BCUT2D eigenvalue weighted by molar-refractivity contribution is 1.15. The van der Waals surface area contributed by atoms with Crippen molar-refractivity contribution in [2.75, 3.05) is 11.1 Å². The molecule has 2 aromatic carbocycles. The van der Waals surface area contributed by atoms with Gasteiger partial charge in [0.1, 0.15) is 0 Å². The summed E-state index contributed by atoms with van der Waals surface area (Å²) in [6, 6.07) is 18.1. The molecule has 0 aromatic heterocycles. The highest BCUT2D eigenvalue weighted by Crippen LogP contribution is 2.11. The lowest BCUT2D eigenvalue weighted by atomic mass is 10.2. The van der Waals surface area contributed by atoms with E-state index in [4.69, 9.17) is 5.73 Å². The third-order valence-electron chi connectivity index (χ3n) is 2.25. The molecule has 0 heterocycles. The van der Waals surface area contributed by atoms with Crippen molar-refractivity contribution in [1.29, 1.82) is 0 Å². The number of rotatable bonds is 3. The van der Waals surface area contributed by atoms with E-state index >= 15 is 0 Å². The number of nitrogens with one attached hydrogen (secondary N) is 1. The molecule has 0 amide bonds. The average molecular weight is 271 g/mol. The van der Waals surface area contributed by atoms with Crippen LogP contribution in [0.4, 0.5) is 11.4 Å². The molecule has 0 saturated heterocycles. The second-order valence-electron chi connectivity index (χ2n) is 3.46. The zero-order valence-corrected chi connectivity index (χ0v) is 10.9. The Morgan fingerprint density at radius 1 is 0.824 bits per heavy atom. The molecule has 0 fully saturated rings. The number of hydrogen-bond donors (Lipinski definition) is 2. The van der Waals surface area contributed by atoms with Crippen LogP contribution in [0.25, 0.3) is 0 Å². The summed E-state index contributed by atoms with van der Waals surface area (Å²) in [4.78, 5) is 0. The molecule has 0 unspecified atom stereocenters. The Balaban J connectivity index is 0.00000128. The van der Waals surface area contributed by atoms with Crippen molar-refractivity contribution < 1.29 is 0 Å². The summed E-state index contributed by atoms with van der Waals surface area (Å²) in [5.74, 6) is 0. The van der Waals surface area contributed by atoms with Crippen LogP contribution < -0.4 is 11.1 Å². The molecule has 0 saturated carbocycles. The zero-order chi connectivity index (χ0) is 10.5. The molecule has 92 valence electrons. The third kappa shape index (κ3) is 4.98. The van der Waals surface area contributed by atoms with Crippen molar-refractivity contribution in [3.63, 3.8) is 0 Å². The van der Waals surface area contributed by atoms with Crippen LogP contribution in [-0.4, -0.2) is 0 Å². The quantitative estimate of drug-likeness (QED) is 0.835. The monoisotopic (exact) mass is 270 g/mol. The molecule has 17 heavy (non-hydrogen) atoms. The lowest BCUT2D eigenvalue weighted by Crippen LogP contribution is -1.98. The molecule has 4 heteroatoms. The van der Waals surface area contributed by atoms with Gasteiger partial charge in [0, 0.05) is 17.9 Å². The predicted molar refractivity (Wildman–Crippen MR) is 79.1 cm³/mol. The summed E-state index contributed by atoms with van der Waals surface area (Å²) in [7, 11) is 0. The fourth-order valence-corrected chi connectivity index (χ4v) is 1.40. The van der Waals surface area contributed by atoms with Crippen LogP contribution in [-0.2, 0) is 6.54 Å². The fourth-order valence-electron chi connectivity index (χ4n) is 1.40. The van der Waals surface area contributed by atoms with Crippen molar-refractivity contribution in [3.05, 3.63) is 60.2 Å². The summed E-state index contributed by atoms with van der Waals surface area (Å²) < 4.78 is 0. The van der Waals surface area contributed by atoms with Crippen LogP contribution in [0.3, 0.4) is 0 Å². The van der Waals surface area contributed by atoms with E-state index in [1.165, 1.54) is 5.56 Å². The van der Waals surface area contributed by atoms with Crippen LogP contribution >= 0.6 is 24.8 Å². The van der Waals surface area contributed by atoms with Crippen molar-refractivity contribution in [1.82, 2.24) is 0 Å². The molecule has 0 aliphatic rings. The number of benzene rings is 2. The molecule has 3 N–H and O–H groups in total. The molecule has 0 atom stereocenters. The first-order valence-corrected chi connectivity index (χ1v) is 4.98. The summed E-state index contributed by atoms with van der Waals surface area (Å²) in [6.45, 7) is 0.838. The summed E-state index contributed by atoms with van der Waals surface area (Å²) in [5.41, 5.74) is 8.76. The Kier molecular flexibility index (Phi) is 7.19. The number of hydrogen-bond acceptors (Lipinski definition) is 2. The Hall–Kier alpha value is -1.38. The third-order valence-corrected chi connectivity index (χ3v) is 2.25. The lowest BCUT2D eigenvalue weighted by Gasteiger charge is -2.06. The molecule has 0 aliphatic heterocycles. The van der Waals surface area contributed by atoms with E-state index in [-0.39, 0.29) is 24.8 Å². The van der Waals surface area contributed by atoms with Gasteiger partial charge in [0.15, 0.2) is 0 Å². The van der Waals surface area contributed by atoms with Crippen LogP contribution in [0.2, 0.25) is 0 Å². The second kappa shape index (κ2) is 7.82. The van der Waals surface area contributed by atoms with Gasteiger partial charge in [-0.25, -0.2) is 0 Å². The molecule has 0 radical (unpaired) electrons. The van der Waals surface area contributed by atoms with Gasteiger partial charge in [0.25, 0.3) is 0 Å². The Labute approximate surface area is 114 Å². The Morgan fingerprint density at radius 3 is 2.00 bits per heavy atom. The van der Waals surface area contributed by atoms with Gasteiger partial charge in [-0.15, -0.1) is 24.8 Å². The maximum Gasteiger partial charge on any atom is 0.0400 e. The first-order valence-electron chi connectivity index (χ1n) is 4.98. The largest absolute Gasteiger partial charge is 0.399 e. The van der Waals surface area contributed by atoms with Gasteiger partial charge in [-0.3, -0.25) is 0 Å². The van der Waals surface area contributed by atoms with Gasteiger partial charge in [0.05, 0.1) is 0 Å². The summed E-state index contributed by atoms with van der Waals surface area (Å²) >= 11 is 0. The van der Waals surface area contributed by atoms with Crippen molar-refractivity contribution in [3.8, 4) is 0 Å². The van der Waals surface area contributed by atoms with Gasteiger partial charge in [-0.1, -0.05) is 30.3 Å². The second-order valence-corrected chi connectivity index (χ2v) is 3.46. The summed E-state index contributed by atoms with van der Waals surface area (Å²) in [6.07, 6.45) is 0. The van der Waals surface area contributed by atoms with Crippen LogP contribution in [0.1, 0.15) is 5.56 Å². The average Bonchev–Trinajstić information content (AvgIpc) is 2.30. The van der Waals surface area contributed by atoms with Crippen LogP contribution in [0, 0.1) is 0 Å². The van der Waals surface area contributed by atoms with Crippen LogP contribution in [0.15, 0.2) is 54.6 Å². The molecule has 2 rings (SSSR count). The van der Waals surface area contributed by atoms with Gasteiger partial charge >= 0.3 is 0 Å². The van der Waals surface area contributed by atoms with E-state index in [1.807, 2.05) is 42.5 Å². The SMILES string of the molecule is Cl.Cl.Nc1ccc(NCc2ccccc2)cc1. The molecule has 2 aromatic rings. The first-order chi connectivity index (χ1) is 7.34. The van der Waals surface area contributed by atoms with Crippen molar-refractivity contribution in [2.45, 2.75) is 6.54 Å². The van der Waals surface area contributed by atoms with Gasteiger partial charge in [-0.2, -0.15) is 0 Å². The van der Waals surface area contributed by atoms with E-state index in [2.05, 4.69) is 17.4 Å². The highest BCUT2D eigenvalue weighted by atomic mass is 35.5. The standard InChI is InChI=1S/C13H14N2.2ClH/c14-12-6-8-13(9-7-12)15-10-11-4-2-1-3-5-11;;/h1-9,15H,10,14H2;2*1H. The highest BCUT2D eigenvalue weighted by Gasteiger charge is 1.92. The number of anilines is 2. The zero-order valence-electron chi connectivity index (χ0n) is 9.30. The van der Waals surface area contributed by atoms with Crippen LogP contribution in [0.5, 0.6) is 0 Å². The predicted octanol–water partition coefficient (Wildman–Crippen LogP) is 3.72. The van der Waals surface area contributed by atoms with E-state index in [0.29, 0.717) is 0 Å². The maximum atomic E-state index is 5.61. The highest BCUT2D eigenvalue weighted by molar-refractivity contribution is 5.85. The van der Waals surface area contributed by atoms with E-state index in [9.17, 15) is 0 Å². The van der Waals surface area contributed by atoms with Crippen molar-refractivity contribution >= 4 is 36.2 Å². The normalized spacial score (nSPS) is 8.71. The van der Waals surface area contributed by atoms with E-state index in [1.54, 1.807) is 0 Å². The first kappa shape index (κ1) is 15.6. The Bertz CT molecular complexity index is 415. The molecular weight excluding hydrogens is 255 g/mol.